The van der Waals surface area contributed by atoms with Crippen LogP contribution in [0.15, 0.2) is 97.5 Å². The SMILES string of the molecule is CN(C)c1ccccc1/C=C(\B(c1ccccn1)c1ccccn1)c1ccccn1. The average Bonchev–Trinajstić information content (AvgIpc) is 2.81. The Kier molecular flexibility index (Phi) is 5.99. The van der Waals surface area contributed by atoms with E-state index in [9.17, 15) is 0 Å². The highest BCUT2D eigenvalue weighted by Crippen LogP contribution is 2.25. The minimum Gasteiger partial charge on any atom is -0.377 e. The molecule has 4 rings (SSSR count). The Bertz CT molecular complexity index is 1070. The second kappa shape index (κ2) is 9.18. The summed E-state index contributed by atoms with van der Waals surface area (Å²) in [7, 11) is 4.12. The molecule has 0 unspecified atom stereocenters. The molecule has 146 valence electrons. The normalized spacial score (nSPS) is 11.2. The largest absolute Gasteiger partial charge is 0.377 e. The van der Waals surface area contributed by atoms with Gasteiger partial charge in [0.1, 0.15) is 0 Å². The van der Waals surface area contributed by atoms with E-state index in [1.54, 1.807) is 0 Å². The Morgan fingerprint density at radius 3 is 1.80 bits per heavy atom. The summed E-state index contributed by atoms with van der Waals surface area (Å²) in [6, 6.07) is 26.4. The third-order valence-electron chi connectivity index (χ3n) is 4.97. The van der Waals surface area contributed by atoms with Crippen LogP contribution in [0.1, 0.15) is 11.3 Å². The summed E-state index contributed by atoms with van der Waals surface area (Å²) < 4.78 is 0. The summed E-state index contributed by atoms with van der Waals surface area (Å²) in [5.74, 6) is 0. The molecule has 0 spiro atoms. The molecule has 5 heteroatoms. The van der Waals surface area contributed by atoms with E-state index in [2.05, 4.69) is 64.3 Å². The highest BCUT2D eigenvalue weighted by atomic mass is 15.1. The lowest BCUT2D eigenvalue weighted by atomic mass is 9.38. The van der Waals surface area contributed by atoms with Crippen LogP contribution < -0.4 is 16.1 Å². The molecule has 30 heavy (non-hydrogen) atoms. The van der Waals surface area contributed by atoms with E-state index in [1.807, 2.05) is 73.2 Å². The van der Waals surface area contributed by atoms with Gasteiger partial charge >= 0.3 is 0 Å². The highest BCUT2D eigenvalue weighted by Gasteiger charge is 2.28. The second-order valence-corrected chi connectivity index (χ2v) is 7.21. The fraction of sp³-hybridized carbons (Fsp3) is 0.0800. The van der Waals surface area contributed by atoms with E-state index in [0.717, 1.165) is 33.6 Å². The lowest BCUT2D eigenvalue weighted by Crippen LogP contribution is -2.46. The van der Waals surface area contributed by atoms with Gasteiger partial charge in [0.05, 0.1) is 5.69 Å². The number of aromatic nitrogens is 3. The first-order valence-corrected chi connectivity index (χ1v) is 9.95. The van der Waals surface area contributed by atoms with E-state index in [4.69, 9.17) is 0 Å². The minimum absolute atomic E-state index is 0.141. The lowest BCUT2D eigenvalue weighted by Gasteiger charge is -2.19. The molecule has 4 aromatic rings. The molecule has 0 bridgehead atoms. The van der Waals surface area contributed by atoms with Crippen LogP contribution in [0, 0.1) is 0 Å². The van der Waals surface area contributed by atoms with Crippen molar-refractivity contribution in [2.75, 3.05) is 19.0 Å². The van der Waals surface area contributed by atoms with Gasteiger partial charge in [0.2, 0.25) is 0 Å². The third kappa shape index (κ3) is 4.30. The summed E-state index contributed by atoms with van der Waals surface area (Å²) in [6.07, 6.45) is 7.70. The van der Waals surface area contributed by atoms with Crippen LogP contribution in [0.25, 0.3) is 11.5 Å². The minimum atomic E-state index is -0.141. The predicted octanol–water partition coefficient (Wildman–Crippen LogP) is 3.33. The van der Waals surface area contributed by atoms with Gasteiger partial charge in [-0.1, -0.05) is 42.5 Å². The maximum atomic E-state index is 4.68. The molecular formula is C25H23BN4. The van der Waals surface area contributed by atoms with Gasteiger partial charge < -0.3 is 4.90 Å². The number of rotatable bonds is 6. The molecule has 3 heterocycles. The first-order valence-electron chi connectivity index (χ1n) is 9.95. The highest BCUT2D eigenvalue weighted by molar-refractivity contribution is 6.99. The third-order valence-corrected chi connectivity index (χ3v) is 4.97. The summed E-state index contributed by atoms with van der Waals surface area (Å²) in [6.45, 7) is -0.141. The van der Waals surface area contributed by atoms with Crippen molar-refractivity contribution < 1.29 is 0 Å². The molecule has 0 saturated carbocycles. The Hall–Kier alpha value is -3.73. The van der Waals surface area contributed by atoms with Crippen LogP contribution in [0.3, 0.4) is 0 Å². The van der Waals surface area contributed by atoms with Gasteiger partial charge in [-0.25, -0.2) is 0 Å². The van der Waals surface area contributed by atoms with Crippen molar-refractivity contribution >= 4 is 35.1 Å². The van der Waals surface area contributed by atoms with E-state index in [0.29, 0.717) is 0 Å². The molecule has 0 aliphatic heterocycles. The molecule has 0 saturated heterocycles. The number of benzene rings is 1. The predicted molar refractivity (Wildman–Crippen MR) is 126 cm³/mol. The molecular weight excluding hydrogens is 367 g/mol. The maximum Gasteiger partial charge on any atom is 0.290 e. The van der Waals surface area contributed by atoms with Crippen LogP contribution in [-0.2, 0) is 0 Å². The van der Waals surface area contributed by atoms with E-state index in [-0.39, 0.29) is 6.71 Å². The zero-order valence-electron chi connectivity index (χ0n) is 17.2. The number of nitrogens with zero attached hydrogens (tertiary/aromatic N) is 4. The second-order valence-electron chi connectivity index (χ2n) is 7.21. The molecule has 1 aromatic carbocycles. The van der Waals surface area contributed by atoms with E-state index < -0.39 is 0 Å². The summed E-state index contributed by atoms with van der Waals surface area (Å²) >= 11 is 0. The Morgan fingerprint density at radius 2 is 1.27 bits per heavy atom. The number of hydrogen-bond donors (Lipinski definition) is 0. The smallest absolute Gasteiger partial charge is 0.290 e. The number of hydrogen-bond acceptors (Lipinski definition) is 4. The van der Waals surface area contributed by atoms with Gasteiger partial charge in [-0.2, -0.15) is 0 Å². The van der Waals surface area contributed by atoms with Crippen molar-refractivity contribution in [1.29, 1.82) is 0 Å². The zero-order chi connectivity index (χ0) is 20.8. The molecule has 0 aliphatic rings. The molecule has 0 radical (unpaired) electrons. The van der Waals surface area contributed by atoms with Gasteiger partial charge in [-0.3, -0.25) is 15.0 Å². The number of anilines is 1. The molecule has 0 aliphatic carbocycles. The first kappa shape index (κ1) is 19.6. The summed E-state index contributed by atoms with van der Waals surface area (Å²) in [5.41, 5.74) is 6.12. The zero-order valence-corrected chi connectivity index (χ0v) is 17.2. The van der Waals surface area contributed by atoms with Gasteiger partial charge in [0.25, 0.3) is 6.71 Å². The van der Waals surface area contributed by atoms with Gasteiger partial charge in [-0.15, -0.1) is 0 Å². The maximum absolute atomic E-state index is 4.68. The van der Waals surface area contributed by atoms with Crippen molar-refractivity contribution in [1.82, 2.24) is 15.0 Å². The molecule has 3 aromatic heterocycles. The van der Waals surface area contributed by atoms with Crippen molar-refractivity contribution in [3.63, 3.8) is 0 Å². The van der Waals surface area contributed by atoms with Gasteiger partial charge in [0.15, 0.2) is 0 Å². The molecule has 0 fully saturated rings. The van der Waals surface area contributed by atoms with Crippen LogP contribution >= 0.6 is 0 Å². The van der Waals surface area contributed by atoms with Crippen LogP contribution in [0.2, 0.25) is 0 Å². The van der Waals surface area contributed by atoms with Crippen molar-refractivity contribution in [3.05, 3.63) is 109 Å². The quantitative estimate of drug-likeness (QED) is 0.474. The Morgan fingerprint density at radius 1 is 0.700 bits per heavy atom. The van der Waals surface area contributed by atoms with Gasteiger partial charge in [0, 0.05) is 49.6 Å². The molecule has 0 amide bonds. The standard InChI is InChI=1S/C25H23BN4/c1-30(2)23-13-4-3-11-20(23)19-21(22-12-5-8-16-27-22)26(24-14-6-9-17-28-24)25-15-7-10-18-29-25/h3-19H,1-2H3/b21-19-. The lowest BCUT2D eigenvalue weighted by molar-refractivity contribution is 1.13. The number of pyridine rings is 3. The van der Waals surface area contributed by atoms with Crippen LogP contribution in [0.5, 0.6) is 0 Å². The number of para-hydroxylation sites is 1. The summed E-state index contributed by atoms with van der Waals surface area (Å²) in [5, 5.41) is 0. The van der Waals surface area contributed by atoms with Gasteiger partial charge in [-0.05, 0) is 53.5 Å². The van der Waals surface area contributed by atoms with Crippen LogP contribution in [-0.4, -0.2) is 35.8 Å². The fourth-order valence-electron chi connectivity index (χ4n) is 3.59. The Labute approximate surface area is 178 Å². The summed E-state index contributed by atoms with van der Waals surface area (Å²) in [4.78, 5) is 16.2. The van der Waals surface area contributed by atoms with E-state index >= 15 is 0 Å². The van der Waals surface area contributed by atoms with Crippen molar-refractivity contribution in [2.24, 2.45) is 0 Å². The fourth-order valence-corrected chi connectivity index (χ4v) is 3.59. The monoisotopic (exact) mass is 390 g/mol. The first-order chi connectivity index (χ1) is 14.7. The van der Waals surface area contributed by atoms with E-state index in [1.165, 1.54) is 0 Å². The molecule has 4 nitrogen and oxygen atoms in total. The van der Waals surface area contributed by atoms with Crippen molar-refractivity contribution in [2.45, 2.75) is 0 Å². The molecule has 0 atom stereocenters. The Balaban J connectivity index is 1.97. The van der Waals surface area contributed by atoms with Crippen LogP contribution in [0.4, 0.5) is 5.69 Å². The average molecular weight is 390 g/mol. The topological polar surface area (TPSA) is 41.9 Å². The van der Waals surface area contributed by atoms with Crippen molar-refractivity contribution in [3.8, 4) is 0 Å². The molecule has 0 N–H and O–H groups in total.